The molecule has 0 saturated carbocycles. The first kappa shape index (κ1) is 13.6. The largest absolute Gasteiger partial charge is 1.00 e. The molecule has 0 amide bonds. The third-order valence-corrected chi connectivity index (χ3v) is 1.87. The van der Waals surface area contributed by atoms with Crippen molar-refractivity contribution >= 4 is 11.5 Å². The average Bonchev–Trinajstić information content (AvgIpc) is 2.29. The number of phenols is 2. The summed E-state index contributed by atoms with van der Waals surface area (Å²) in [6.07, 6.45) is 1.60. The minimum atomic E-state index is -0.125. The molecule has 5 nitrogen and oxygen atoms in total. The zero-order valence-electron chi connectivity index (χ0n) is 10.3. The Morgan fingerprint density at radius 1 is 1.06 bits per heavy atom. The van der Waals surface area contributed by atoms with Gasteiger partial charge < -0.3 is 11.6 Å². The Kier molecular flexibility index (Phi) is 5.09. The molecule has 6 heteroatoms. The standard InChI is InChI=1S/C11H9N3O2.Na.H/c15-8-4-5-9(10(16)7-8)13-14-11-3-1-2-6-12-11;;/h1-7,15-16H;;/q;+1;-1. The van der Waals surface area contributed by atoms with Crippen LogP contribution in [0.2, 0.25) is 0 Å². The first-order valence-electron chi connectivity index (χ1n) is 4.60. The predicted molar refractivity (Wildman–Crippen MR) is 59.3 cm³/mol. The van der Waals surface area contributed by atoms with Gasteiger partial charge in [-0.1, -0.05) is 6.07 Å². The number of nitrogens with zero attached hydrogens (tertiary/aromatic N) is 3. The summed E-state index contributed by atoms with van der Waals surface area (Å²) in [6, 6.07) is 9.35. The van der Waals surface area contributed by atoms with Crippen molar-refractivity contribution in [2.45, 2.75) is 0 Å². The molecule has 2 rings (SSSR count). The van der Waals surface area contributed by atoms with Gasteiger partial charge in [0.2, 0.25) is 0 Å². The Bertz CT molecular complexity index is 523. The van der Waals surface area contributed by atoms with E-state index in [0.717, 1.165) is 0 Å². The summed E-state index contributed by atoms with van der Waals surface area (Å²) in [5.74, 6) is 0.309. The summed E-state index contributed by atoms with van der Waals surface area (Å²) in [5, 5.41) is 26.2. The van der Waals surface area contributed by atoms with Crippen LogP contribution in [0.25, 0.3) is 0 Å². The molecule has 1 heterocycles. The predicted octanol–water partition coefficient (Wildman–Crippen LogP) is 0.0247. The van der Waals surface area contributed by atoms with Crippen molar-refractivity contribution < 1.29 is 41.2 Å². The Morgan fingerprint density at radius 2 is 1.88 bits per heavy atom. The van der Waals surface area contributed by atoms with E-state index in [9.17, 15) is 5.11 Å². The quantitative estimate of drug-likeness (QED) is 0.573. The van der Waals surface area contributed by atoms with Crippen LogP contribution < -0.4 is 29.6 Å². The van der Waals surface area contributed by atoms with Gasteiger partial charge in [0, 0.05) is 12.3 Å². The fraction of sp³-hybridized carbons (Fsp3) is 0. The molecule has 82 valence electrons. The van der Waals surface area contributed by atoms with E-state index >= 15 is 0 Å². The normalized spacial score (nSPS) is 10.1. The number of hydrogen-bond acceptors (Lipinski definition) is 5. The number of azo groups is 1. The van der Waals surface area contributed by atoms with E-state index in [-0.39, 0.29) is 48.2 Å². The SMILES string of the molecule is Oc1ccc(N=Nc2ccccn2)c(O)c1.[H-].[Na+]. The van der Waals surface area contributed by atoms with Gasteiger partial charge in [0.1, 0.15) is 17.2 Å². The smallest absolute Gasteiger partial charge is 1.00 e. The third-order valence-electron chi connectivity index (χ3n) is 1.87. The minimum Gasteiger partial charge on any atom is -1.00 e. The van der Waals surface area contributed by atoms with Crippen LogP contribution >= 0.6 is 0 Å². The molecule has 0 aliphatic rings. The number of rotatable bonds is 2. The van der Waals surface area contributed by atoms with Crippen molar-refractivity contribution in [2.75, 3.05) is 0 Å². The zero-order chi connectivity index (χ0) is 11.4. The first-order chi connectivity index (χ1) is 7.75. The van der Waals surface area contributed by atoms with Gasteiger partial charge in [0.15, 0.2) is 5.82 Å². The topological polar surface area (TPSA) is 78.1 Å². The molecule has 0 atom stereocenters. The second-order valence-electron chi connectivity index (χ2n) is 3.06. The number of pyridine rings is 1. The van der Waals surface area contributed by atoms with Crippen LogP contribution in [0.4, 0.5) is 11.5 Å². The van der Waals surface area contributed by atoms with Crippen molar-refractivity contribution in [1.29, 1.82) is 0 Å². The van der Waals surface area contributed by atoms with E-state index in [1.54, 1.807) is 24.4 Å². The Labute approximate surface area is 122 Å². The number of hydrogen-bond donors (Lipinski definition) is 2. The fourth-order valence-corrected chi connectivity index (χ4v) is 1.11. The van der Waals surface area contributed by atoms with E-state index in [2.05, 4.69) is 15.2 Å². The van der Waals surface area contributed by atoms with Gasteiger partial charge in [0.05, 0.1) is 0 Å². The molecule has 1 aromatic heterocycles. The molecule has 0 aliphatic heterocycles. The van der Waals surface area contributed by atoms with Crippen molar-refractivity contribution in [3.05, 3.63) is 42.6 Å². The zero-order valence-corrected chi connectivity index (χ0v) is 11.3. The third kappa shape index (κ3) is 3.81. The van der Waals surface area contributed by atoms with Crippen LogP contribution in [0.5, 0.6) is 11.5 Å². The van der Waals surface area contributed by atoms with Gasteiger partial charge in [-0.05, 0) is 24.3 Å². The molecule has 1 aromatic carbocycles. The van der Waals surface area contributed by atoms with E-state index in [0.29, 0.717) is 5.82 Å². The molecule has 0 fully saturated rings. The van der Waals surface area contributed by atoms with Gasteiger partial charge in [-0.25, -0.2) is 4.98 Å². The molecule has 0 radical (unpaired) electrons. The number of phenolic OH excluding ortho intramolecular Hbond substituents is 2. The van der Waals surface area contributed by atoms with Gasteiger partial charge >= 0.3 is 29.6 Å². The molecule has 2 N–H and O–H groups in total. The minimum absolute atomic E-state index is 0. The maximum atomic E-state index is 9.44. The number of aromatic hydroxyl groups is 2. The summed E-state index contributed by atoms with van der Waals surface area (Å²) in [5.41, 5.74) is 0.281. The van der Waals surface area contributed by atoms with Gasteiger partial charge in [-0.15, -0.1) is 10.2 Å². The van der Waals surface area contributed by atoms with Crippen LogP contribution in [-0.4, -0.2) is 15.2 Å². The van der Waals surface area contributed by atoms with Crippen molar-refractivity contribution in [3.63, 3.8) is 0 Å². The molecule has 0 saturated heterocycles. The molecule has 17 heavy (non-hydrogen) atoms. The summed E-state index contributed by atoms with van der Waals surface area (Å²) >= 11 is 0. The Morgan fingerprint density at radius 3 is 2.53 bits per heavy atom. The fourth-order valence-electron chi connectivity index (χ4n) is 1.11. The maximum Gasteiger partial charge on any atom is 1.00 e. The van der Waals surface area contributed by atoms with E-state index in [4.69, 9.17) is 5.11 Å². The average molecular weight is 239 g/mol. The molecule has 0 spiro atoms. The van der Waals surface area contributed by atoms with Crippen LogP contribution in [0, 0.1) is 0 Å². The molecule has 0 bridgehead atoms. The van der Waals surface area contributed by atoms with Gasteiger partial charge in [-0.2, -0.15) is 0 Å². The van der Waals surface area contributed by atoms with Crippen LogP contribution in [0.1, 0.15) is 1.43 Å². The van der Waals surface area contributed by atoms with E-state index in [1.165, 1.54) is 18.2 Å². The summed E-state index contributed by atoms with van der Waals surface area (Å²) < 4.78 is 0. The monoisotopic (exact) mass is 239 g/mol. The Hall–Kier alpha value is -1.43. The first-order valence-corrected chi connectivity index (χ1v) is 4.60. The van der Waals surface area contributed by atoms with Crippen molar-refractivity contribution in [2.24, 2.45) is 10.2 Å². The van der Waals surface area contributed by atoms with Gasteiger partial charge in [0.25, 0.3) is 0 Å². The molecule has 0 unspecified atom stereocenters. The maximum absolute atomic E-state index is 9.44. The Balaban J connectivity index is 0.00000144. The second kappa shape index (κ2) is 6.34. The summed E-state index contributed by atoms with van der Waals surface area (Å²) in [6.45, 7) is 0. The van der Waals surface area contributed by atoms with Crippen LogP contribution in [-0.2, 0) is 0 Å². The van der Waals surface area contributed by atoms with Crippen molar-refractivity contribution in [3.8, 4) is 11.5 Å². The van der Waals surface area contributed by atoms with E-state index < -0.39 is 0 Å². The number of benzene rings is 1. The number of aromatic nitrogens is 1. The second-order valence-corrected chi connectivity index (χ2v) is 3.06. The summed E-state index contributed by atoms with van der Waals surface area (Å²) in [4.78, 5) is 3.95. The van der Waals surface area contributed by atoms with Crippen LogP contribution in [0.3, 0.4) is 0 Å². The van der Waals surface area contributed by atoms with Gasteiger partial charge in [-0.3, -0.25) is 0 Å². The molecule has 0 aliphatic carbocycles. The van der Waals surface area contributed by atoms with Crippen LogP contribution in [0.15, 0.2) is 52.8 Å². The molecular weight excluding hydrogens is 229 g/mol. The summed E-state index contributed by atoms with van der Waals surface area (Å²) in [7, 11) is 0. The van der Waals surface area contributed by atoms with Crippen molar-refractivity contribution in [1.82, 2.24) is 4.98 Å². The molecular formula is C11H10N3NaO2. The van der Waals surface area contributed by atoms with E-state index in [1.807, 2.05) is 0 Å². The molecule has 2 aromatic rings.